The number of carbonyl (C=O) groups excluding carboxylic acids is 1. The molecule has 94 valence electrons. The van der Waals surface area contributed by atoms with Gasteiger partial charge >= 0.3 is 0 Å². The van der Waals surface area contributed by atoms with Crippen molar-refractivity contribution < 1.29 is 9.53 Å². The van der Waals surface area contributed by atoms with Crippen LogP contribution in [0, 0.1) is 0 Å². The molecule has 0 aliphatic carbocycles. The molecule has 1 amide bonds. The number of nitrogens with one attached hydrogen (secondary N) is 1. The summed E-state index contributed by atoms with van der Waals surface area (Å²) in [6, 6.07) is 11.1. The number of hydrogen-bond acceptors (Lipinski definition) is 3. The molecular formula is C15H12N2O2. The maximum Gasteiger partial charge on any atom is 0.256 e. The molecule has 3 rings (SSSR count). The quantitative estimate of drug-likeness (QED) is 0.836. The van der Waals surface area contributed by atoms with Gasteiger partial charge in [-0.15, -0.1) is 0 Å². The zero-order chi connectivity index (χ0) is 13.2. The number of fused-ring (bicyclic) bond motifs is 1. The lowest BCUT2D eigenvalue weighted by Gasteiger charge is -2.02. The summed E-state index contributed by atoms with van der Waals surface area (Å²) in [6.07, 6.45) is 3.48. The van der Waals surface area contributed by atoms with E-state index in [4.69, 9.17) is 4.74 Å². The van der Waals surface area contributed by atoms with Crippen molar-refractivity contribution in [2.45, 2.75) is 0 Å². The van der Waals surface area contributed by atoms with E-state index in [-0.39, 0.29) is 5.91 Å². The highest BCUT2D eigenvalue weighted by Crippen LogP contribution is 2.35. The fourth-order valence-corrected chi connectivity index (χ4v) is 2.05. The standard InChI is InChI=1S/C15H12N2O2/c1-19-11-5-6-14-12(9-11)13(15(18)17-14)8-10-4-2-3-7-16-10/h2-9H,1H3,(H,17,18)/b13-8+. The molecule has 0 unspecified atom stereocenters. The predicted molar refractivity (Wildman–Crippen MR) is 73.7 cm³/mol. The van der Waals surface area contributed by atoms with Crippen molar-refractivity contribution >= 4 is 23.2 Å². The Kier molecular flexibility index (Phi) is 2.76. The predicted octanol–water partition coefficient (Wildman–Crippen LogP) is 2.58. The number of anilines is 1. The van der Waals surface area contributed by atoms with E-state index >= 15 is 0 Å². The summed E-state index contributed by atoms with van der Waals surface area (Å²) in [5.74, 6) is 0.607. The molecule has 0 radical (unpaired) electrons. The summed E-state index contributed by atoms with van der Waals surface area (Å²) in [6.45, 7) is 0. The van der Waals surface area contributed by atoms with Crippen molar-refractivity contribution in [3.05, 3.63) is 53.9 Å². The summed E-state index contributed by atoms with van der Waals surface area (Å²) < 4.78 is 5.19. The summed E-state index contributed by atoms with van der Waals surface area (Å²) >= 11 is 0. The van der Waals surface area contributed by atoms with Gasteiger partial charge in [-0.2, -0.15) is 0 Å². The topological polar surface area (TPSA) is 51.2 Å². The molecule has 0 spiro atoms. The molecule has 0 bridgehead atoms. The van der Waals surface area contributed by atoms with E-state index in [1.807, 2.05) is 36.4 Å². The molecule has 0 fully saturated rings. The second-order valence-corrected chi connectivity index (χ2v) is 4.18. The number of hydrogen-bond donors (Lipinski definition) is 1. The maximum atomic E-state index is 12.0. The molecule has 1 aliphatic heterocycles. The molecule has 4 heteroatoms. The van der Waals surface area contributed by atoms with Gasteiger partial charge in [0.1, 0.15) is 5.75 Å². The Bertz CT molecular complexity index is 663. The Morgan fingerprint density at radius 3 is 2.89 bits per heavy atom. The van der Waals surface area contributed by atoms with Gasteiger partial charge in [0.15, 0.2) is 0 Å². The number of pyridine rings is 1. The van der Waals surface area contributed by atoms with Crippen LogP contribution in [0.3, 0.4) is 0 Å². The van der Waals surface area contributed by atoms with Gasteiger partial charge in [-0.1, -0.05) is 6.07 Å². The van der Waals surface area contributed by atoms with Gasteiger partial charge in [0.05, 0.1) is 18.4 Å². The van der Waals surface area contributed by atoms with Gasteiger partial charge in [-0.25, -0.2) is 0 Å². The van der Waals surface area contributed by atoms with Gasteiger partial charge in [0.25, 0.3) is 5.91 Å². The van der Waals surface area contributed by atoms with Crippen LogP contribution in [0.15, 0.2) is 42.6 Å². The molecule has 1 N–H and O–H groups in total. The lowest BCUT2D eigenvalue weighted by molar-refractivity contribution is -0.110. The van der Waals surface area contributed by atoms with Gasteiger partial charge in [-0.3, -0.25) is 9.78 Å². The Hall–Kier alpha value is -2.62. The van der Waals surface area contributed by atoms with Crippen LogP contribution >= 0.6 is 0 Å². The van der Waals surface area contributed by atoms with E-state index in [0.717, 1.165) is 22.7 Å². The van der Waals surface area contributed by atoms with E-state index in [0.29, 0.717) is 5.57 Å². The lowest BCUT2D eigenvalue weighted by atomic mass is 10.1. The number of nitrogens with zero attached hydrogens (tertiary/aromatic N) is 1. The van der Waals surface area contributed by atoms with E-state index < -0.39 is 0 Å². The molecule has 2 aromatic rings. The van der Waals surface area contributed by atoms with Crippen LogP contribution in [-0.4, -0.2) is 18.0 Å². The molecular weight excluding hydrogens is 240 g/mol. The van der Waals surface area contributed by atoms with Crippen LogP contribution in [0.4, 0.5) is 5.69 Å². The molecule has 1 aromatic carbocycles. The summed E-state index contributed by atoms with van der Waals surface area (Å²) in [5.41, 5.74) is 3.00. The van der Waals surface area contributed by atoms with Crippen molar-refractivity contribution in [3.63, 3.8) is 0 Å². The number of aromatic nitrogens is 1. The highest BCUT2D eigenvalue weighted by molar-refractivity contribution is 6.34. The van der Waals surface area contributed by atoms with Crippen molar-refractivity contribution in [1.29, 1.82) is 0 Å². The number of carbonyl (C=O) groups is 1. The fraction of sp³-hybridized carbons (Fsp3) is 0.0667. The van der Waals surface area contributed by atoms with Crippen LogP contribution < -0.4 is 10.1 Å². The molecule has 2 heterocycles. The lowest BCUT2D eigenvalue weighted by Crippen LogP contribution is -2.03. The first kappa shape index (κ1) is 11.5. The van der Waals surface area contributed by atoms with Crippen molar-refractivity contribution in [3.8, 4) is 5.75 Å². The van der Waals surface area contributed by atoms with Gasteiger partial charge in [0, 0.05) is 17.4 Å². The molecule has 0 saturated carbocycles. The number of rotatable bonds is 2. The van der Waals surface area contributed by atoms with Crippen molar-refractivity contribution in [1.82, 2.24) is 4.98 Å². The van der Waals surface area contributed by atoms with E-state index in [1.165, 1.54) is 0 Å². The zero-order valence-corrected chi connectivity index (χ0v) is 10.4. The molecule has 1 aromatic heterocycles. The second-order valence-electron chi connectivity index (χ2n) is 4.18. The summed E-state index contributed by atoms with van der Waals surface area (Å²) in [4.78, 5) is 16.2. The van der Waals surface area contributed by atoms with E-state index in [9.17, 15) is 4.79 Å². The monoisotopic (exact) mass is 252 g/mol. The van der Waals surface area contributed by atoms with Crippen molar-refractivity contribution in [2.75, 3.05) is 12.4 Å². The average molecular weight is 252 g/mol. The third-order valence-electron chi connectivity index (χ3n) is 2.99. The van der Waals surface area contributed by atoms with Crippen LogP contribution in [0.1, 0.15) is 11.3 Å². The fourth-order valence-electron chi connectivity index (χ4n) is 2.05. The maximum absolute atomic E-state index is 12.0. The number of benzene rings is 1. The minimum Gasteiger partial charge on any atom is -0.497 e. The van der Waals surface area contributed by atoms with Crippen LogP contribution in [0.2, 0.25) is 0 Å². The Balaban J connectivity index is 2.09. The molecule has 0 saturated heterocycles. The Labute approximate surface area is 110 Å². The average Bonchev–Trinajstić information content (AvgIpc) is 2.76. The van der Waals surface area contributed by atoms with Crippen LogP contribution in [0.25, 0.3) is 11.6 Å². The van der Waals surface area contributed by atoms with Crippen LogP contribution in [0.5, 0.6) is 5.75 Å². The van der Waals surface area contributed by atoms with Crippen molar-refractivity contribution in [2.24, 2.45) is 0 Å². The Morgan fingerprint density at radius 2 is 2.16 bits per heavy atom. The first-order valence-electron chi connectivity index (χ1n) is 5.90. The number of methoxy groups -OCH3 is 1. The van der Waals surface area contributed by atoms with Gasteiger partial charge < -0.3 is 10.1 Å². The first-order chi connectivity index (χ1) is 9.28. The number of amides is 1. The largest absolute Gasteiger partial charge is 0.497 e. The minimum absolute atomic E-state index is 0.117. The third kappa shape index (κ3) is 2.08. The van der Waals surface area contributed by atoms with Gasteiger partial charge in [-0.05, 0) is 36.4 Å². The Morgan fingerprint density at radius 1 is 1.26 bits per heavy atom. The molecule has 0 atom stereocenters. The minimum atomic E-state index is -0.117. The SMILES string of the molecule is COc1ccc2c(c1)/C(=C\c1ccccn1)C(=O)N2. The summed E-state index contributed by atoms with van der Waals surface area (Å²) in [5, 5.41) is 2.83. The van der Waals surface area contributed by atoms with E-state index in [2.05, 4.69) is 10.3 Å². The second kappa shape index (κ2) is 4.57. The highest BCUT2D eigenvalue weighted by atomic mass is 16.5. The summed E-state index contributed by atoms with van der Waals surface area (Å²) in [7, 11) is 1.61. The van der Waals surface area contributed by atoms with E-state index in [1.54, 1.807) is 19.4 Å². The molecule has 1 aliphatic rings. The van der Waals surface area contributed by atoms with Gasteiger partial charge in [0.2, 0.25) is 0 Å². The zero-order valence-electron chi connectivity index (χ0n) is 10.4. The van der Waals surface area contributed by atoms with Crippen LogP contribution in [-0.2, 0) is 4.79 Å². The third-order valence-corrected chi connectivity index (χ3v) is 2.99. The molecule has 19 heavy (non-hydrogen) atoms. The smallest absolute Gasteiger partial charge is 0.256 e. The molecule has 4 nitrogen and oxygen atoms in total. The number of ether oxygens (including phenoxy) is 1. The normalized spacial score (nSPS) is 15.2. The first-order valence-corrected chi connectivity index (χ1v) is 5.90. The highest BCUT2D eigenvalue weighted by Gasteiger charge is 2.24.